The molecule has 0 aliphatic carbocycles. The number of anilines is 1. The first kappa shape index (κ1) is 11.9. The van der Waals surface area contributed by atoms with Crippen molar-refractivity contribution >= 4 is 27.6 Å². The number of benzene rings is 1. The van der Waals surface area contributed by atoms with E-state index in [1.54, 1.807) is 0 Å². The Bertz CT molecular complexity index is 384. The fourth-order valence-corrected chi connectivity index (χ4v) is 1.56. The van der Waals surface area contributed by atoms with Crippen LogP contribution in [0.15, 0.2) is 16.6 Å². The van der Waals surface area contributed by atoms with E-state index in [-0.39, 0.29) is 28.9 Å². The molecule has 4 nitrogen and oxygen atoms in total. The van der Waals surface area contributed by atoms with Crippen LogP contribution in [-0.2, 0) is 0 Å². The molecule has 0 fully saturated rings. The minimum absolute atomic E-state index is 0.0991. The van der Waals surface area contributed by atoms with Crippen molar-refractivity contribution in [3.63, 3.8) is 0 Å². The lowest BCUT2D eigenvalue weighted by Crippen LogP contribution is -2.08. The molecule has 0 saturated heterocycles. The van der Waals surface area contributed by atoms with Gasteiger partial charge in [-0.15, -0.1) is 0 Å². The highest BCUT2D eigenvalue weighted by molar-refractivity contribution is 9.10. The number of aliphatic hydroxyl groups excluding tert-OH is 1. The van der Waals surface area contributed by atoms with E-state index in [0.717, 1.165) is 0 Å². The lowest BCUT2D eigenvalue weighted by Gasteiger charge is -2.08. The summed E-state index contributed by atoms with van der Waals surface area (Å²) in [5, 5.41) is 19.9. The molecular weight excluding hydrogens is 269 g/mol. The first-order valence-corrected chi connectivity index (χ1v) is 4.93. The third-order valence-electron chi connectivity index (χ3n) is 1.74. The van der Waals surface area contributed by atoms with E-state index in [0.29, 0.717) is 0 Å². The quantitative estimate of drug-likeness (QED) is 0.784. The molecule has 0 aliphatic heterocycles. The van der Waals surface area contributed by atoms with Crippen molar-refractivity contribution in [2.45, 2.75) is 0 Å². The number of nitrogens with one attached hydrogen (secondary N) is 1. The Balaban J connectivity index is 3.04. The van der Waals surface area contributed by atoms with Gasteiger partial charge >= 0.3 is 5.97 Å². The van der Waals surface area contributed by atoms with Gasteiger partial charge in [0.25, 0.3) is 0 Å². The number of hydrogen-bond donors (Lipinski definition) is 3. The van der Waals surface area contributed by atoms with Crippen molar-refractivity contribution in [2.24, 2.45) is 0 Å². The van der Waals surface area contributed by atoms with Gasteiger partial charge in [0.2, 0.25) is 0 Å². The van der Waals surface area contributed by atoms with Crippen LogP contribution in [0.5, 0.6) is 0 Å². The van der Waals surface area contributed by atoms with Gasteiger partial charge in [-0.05, 0) is 28.1 Å². The van der Waals surface area contributed by atoms with E-state index < -0.39 is 11.8 Å². The molecule has 3 N–H and O–H groups in total. The summed E-state index contributed by atoms with van der Waals surface area (Å²) < 4.78 is 13.4. The molecule has 1 aromatic rings. The number of aromatic carboxylic acids is 1. The van der Waals surface area contributed by atoms with Crippen molar-refractivity contribution in [3.05, 3.63) is 28.0 Å². The Morgan fingerprint density at radius 2 is 2.20 bits per heavy atom. The van der Waals surface area contributed by atoms with E-state index in [9.17, 15) is 9.18 Å². The summed E-state index contributed by atoms with van der Waals surface area (Å²) in [7, 11) is 0. The molecular formula is C9H9BrFNO3. The Hall–Kier alpha value is -1.14. The molecule has 1 aromatic carbocycles. The second-order valence-electron chi connectivity index (χ2n) is 2.74. The van der Waals surface area contributed by atoms with Gasteiger partial charge in [0, 0.05) is 6.54 Å². The standard InChI is InChI=1S/C9H9BrFNO3/c10-7-5(9(14)15)1-2-6(8(7)11)12-3-4-13/h1-2,12-13H,3-4H2,(H,14,15). The zero-order valence-electron chi connectivity index (χ0n) is 7.63. The number of carboxylic acid groups (broad SMARTS) is 1. The van der Waals surface area contributed by atoms with Crippen molar-refractivity contribution < 1.29 is 19.4 Å². The van der Waals surface area contributed by atoms with E-state index in [1.165, 1.54) is 12.1 Å². The number of aliphatic hydroxyl groups is 1. The SMILES string of the molecule is O=C(O)c1ccc(NCCO)c(F)c1Br. The lowest BCUT2D eigenvalue weighted by molar-refractivity contribution is 0.0695. The number of carbonyl (C=O) groups is 1. The summed E-state index contributed by atoms with van der Waals surface area (Å²) >= 11 is 2.87. The van der Waals surface area contributed by atoms with Crippen molar-refractivity contribution in [1.82, 2.24) is 0 Å². The van der Waals surface area contributed by atoms with Gasteiger partial charge in [-0.1, -0.05) is 0 Å². The molecule has 0 aliphatic rings. The largest absolute Gasteiger partial charge is 0.478 e. The van der Waals surface area contributed by atoms with Gasteiger partial charge in [0.1, 0.15) is 0 Å². The third-order valence-corrected chi connectivity index (χ3v) is 2.52. The highest BCUT2D eigenvalue weighted by Gasteiger charge is 2.15. The predicted molar refractivity (Wildman–Crippen MR) is 56.6 cm³/mol. The topological polar surface area (TPSA) is 69.6 Å². The fourth-order valence-electron chi connectivity index (χ4n) is 1.04. The Kier molecular flexibility index (Phi) is 4.05. The zero-order valence-corrected chi connectivity index (χ0v) is 9.21. The zero-order chi connectivity index (χ0) is 11.4. The average molecular weight is 278 g/mol. The molecule has 0 saturated carbocycles. The maximum atomic E-state index is 13.5. The maximum absolute atomic E-state index is 13.5. The summed E-state index contributed by atoms with van der Waals surface area (Å²) in [4.78, 5) is 10.6. The summed E-state index contributed by atoms with van der Waals surface area (Å²) in [6.07, 6.45) is 0. The Labute approximate surface area is 93.9 Å². The number of carboxylic acids is 1. The summed E-state index contributed by atoms with van der Waals surface area (Å²) in [6.45, 7) is 0.0769. The second-order valence-corrected chi connectivity index (χ2v) is 3.54. The van der Waals surface area contributed by atoms with Gasteiger partial charge in [-0.2, -0.15) is 0 Å². The Morgan fingerprint density at radius 3 is 2.73 bits per heavy atom. The molecule has 15 heavy (non-hydrogen) atoms. The van der Waals surface area contributed by atoms with Gasteiger partial charge in [0.15, 0.2) is 5.82 Å². The van der Waals surface area contributed by atoms with Crippen LogP contribution in [0.4, 0.5) is 10.1 Å². The minimum atomic E-state index is -1.20. The normalized spacial score (nSPS) is 10.1. The number of halogens is 2. The molecule has 0 aromatic heterocycles. The lowest BCUT2D eigenvalue weighted by atomic mass is 10.2. The van der Waals surface area contributed by atoms with Gasteiger partial charge in [0.05, 0.1) is 22.3 Å². The fraction of sp³-hybridized carbons (Fsp3) is 0.222. The molecule has 0 bridgehead atoms. The first-order chi connectivity index (χ1) is 7.07. The monoisotopic (exact) mass is 277 g/mol. The highest BCUT2D eigenvalue weighted by atomic mass is 79.9. The maximum Gasteiger partial charge on any atom is 0.336 e. The highest BCUT2D eigenvalue weighted by Crippen LogP contribution is 2.26. The molecule has 0 atom stereocenters. The van der Waals surface area contributed by atoms with Crippen LogP contribution >= 0.6 is 15.9 Å². The minimum Gasteiger partial charge on any atom is -0.478 e. The van der Waals surface area contributed by atoms with E-state index in [4.69, 9.17) is 10.2 Å². The molecule has 0 radical (unpaired) electrons. The van der Waals surface area contributed by atoms with Crippen LogP contribution in [0, 0.1) is 5.82 Å². The van der Waals surface area contributed by atoms with Crippen LogP contribution in [0.1, 0.15) is 10.4 Å². The van der Waals surface area contributed by atoms with Gasteiger partial charge in [-0.25, -0.2) is 9.18 Å². The average Bonchev–Trinajstić information content (AvgIpc) is 2.20. The van der Waals surface area contributed by atoms with Crippen LogP contribution < -0.4 is 5.32 Å². The summed E-state index contributed by atoms with van der Waals surface area (Å²) in [5.41, 5.74) is 0.0166. The Morgan fingerprint density at radius 1 is 1.53 bits per heavy atom. The van der Waals surface area contributed by atoms with Crippen LogP contribution in [0.3, 0.4) is 0 Å². The molecule has 0 amide bonds. The summed E-state index contributed by atoms with van der Waals surface area (Å²) in [6, 6.07) is 2.61. The third kappa shape index (κ3) is 2.66. The van der Waals surface area contributed by atoms with E-state index in [1.807, 2.05) is 0 Å². The van der Waals surface area contributed by atoms with E-state index >= 15 is 0 Å². The molecule has 0 spiro atoms. The molecule has 6 heteroatoms. The second kappa shape index (κ2) is 5.09. The van der Waals surface area contributed by atoms with Crippen LogP contribution in [-0.4, -0.2) is 29.3 Å². The number of hydrogen-bond acceptors (Lipinski definition) is 3. The van der Waals surface area contributed by atoms with Gasteiger partial charge < -0.3 is 15.5 Å². The molecule has 1 rings (SSSR count). The molecule has 0 heterocycles. The van der Waals surface area contributed by atoms with Gasteiger partial charge in [-0.3, -0.25) is 0 Å². The first-order valence-electron chi connectivity index (χ1n) is 4.14. The van der Waals surface area contributed by atoms with Crippen molar-refractivity contribution in [3.8, 4) is 0 Å². The van der Waals surface area contributed by atoms with Crippen LogP contribution in [0.25, 0.3) is 0 Å². The smallest absolute Gasteiger partial charge is 0.336 e. The summed E-state index contributed by atoms with van der Waals surface area (Å²) in [5.74, 6) is -1.88. The molecule has 0 unspecified atom stereocenters. The van der Waals surface area contributed by atoms with Crippen molar-refractivity contribution in [1.29, 1.82) is 0 Å². The molecule has 82 valence electrons. The predicted octanol–water partition coefficient (Wildman–Crippen LogP) is 1.69. The number of rotatable bonds is 4. The van der Waals surface area contributed by atoms with E-state index in [2.05, 4.69) is 21.2 Å². The van der Waals surface area contributed by atoms with Crippen molar-refractivity contribution in [2.75, 3.05) is 18.5 Å². The van der Waals surface area contributed by atoms with Crippen LogP contribution in [0.2, 0.25) is 0 Å².